The van der Waals surface area contributed by atoms with Crippen molar-refractivity contribution in [3.8, 4) is 11.4 Å². The Morgan fingerprint density at radius 1 is 1.00 bits per heavy atom. The van der Waals surface area contributed by atoms with Gasteiger partial charge in [-0.3, -0.25) is 0 Å². The number of aliphatic hydroxyl groups is 1. The summed E-state index contributed by atoms with van der Waals surface area (Å²) in [5.41, 5.74) is 1.49. The molecule has 14 heteroatoms. The average Bonchev–Trinajstić information content (AvgIpc) is 3.88. The Labute approximate surface area is 295 Å². The molecule has 12 nitrogen and oxygen atoms in total. The lowest BCUT2D eigenvalue weighted by Gasteiger charge is -2.37. The van der Waals surface area contributed by atoms with Crippen LogP contribution in [0.3, 0.4) is 0 Å². The van der Waals surface area contributed by atoms with Crippen LogP contribution in [0.2, 0.25) is 0 Å². The number of piperazine rings is 1. The molecule has 0 bridgehead atoms. The van der Waals surface area contributed by atoms with Crippen molar-refractivity contribution < 1.29 is 24.7 Å². The van der Waals surface area contributed by atoms with Crippen molar-refractivity contribution in [2.45, 2.75) is 51.0 Å². The Morgan fingerprint density at radius 2 is 1.67 bits per heavy atom. The maximum Gasteiger partial charge on any atom is 0.350 e. The predicted octanol–water partition coefficient (Wildman–Crippen LogP) is 4.57. The van der Waals surface area contributed by atoms with E-state index in [2.05, 4.69) is 25.0 Å². The van der Waals surface area contributed by atoms with Crippen LogP contribution in [0.25, 0.3) is 5.69 Å². The first-order chi connectivity index (χ1) is 25.1. The predicted molar refractivity (Wildman–Crippen MR) is 187 cm³/mol. The quantitative estimate of drug-likeness (QED) is 0.200. The molecular weight excluding hydrogens is 658 g/mol. The second-order valence-corrected chi connectivity index (χ2v) is 13.3. The third kappa shape index (κ3) is 7.24. The molecule has 2 fully saturated rings. The SMILES string of the molecule is [2H]c1nn([C@@H](CC)[C@H](C)O)c(=O)n1-c1ccc(N2CCN(c3ccc(OC[C@@H]4CO[C@@](Cn5cncn5)(c5ccc(F)cc5F)C4)cc3)CC2)cc1. The maximum absolute atomic E-state index is 15.0. The fourth-order valence-electron chi connectivity index (χ4n) is 7.17. The summed E-state index contributed by atoms with van der Waals surface area (Å²) in [4.78, 5) is 21.7. The molecule has 7 rings (SSSR count). The minimum atomic E-state index is -1.03. The summed E-state index contributed by atoms with van der Waals surface area (Å²) in [7, 11) is 0. The van der Waals surface area contributed by atoms with Gasteiger partial charge in [-0.05, 0) is 74.4 Å². The average molecular weight is 702 g/mol. The zero-order chi connectivity index (χ0) is 36.4. The number of anilines is 2. The molecule has 0 amide bonds. The normalized spacial score (nSPS) is 20.7. The van der Waals surface area contributed by atoms with Gasteiger partial charge in [0.15, 0.2) is 0 Å². The summed E-state index contributed by atoms with van der Waals surface area (Å²) in [6.45, 7) is 7.70. The molecule has 4 atom stereocenters. The Kier molecular flexibility index (Phi) is 9.50. The van der Waals surface area contributed by atoms with E-state index in [4.69, 9.17) is 10.8 Å². The molecule has 1 N–H and O–H groups in total. The molecule has 3 aromatic carbocycles. The zero-order valence-electron chi connectivity index (χ0n) is 29.6. The first-order valence-electron chi connectivity index (χ1n) is 17.8. The van der Waals surface area contributed by atoms with E-state index >= 15 is 0 Å². The summed E-state index contributed by atoms with van der Waals surface area (Å²) in [5.74, 6) is -0.597. The third-order valence-corrected chi connectivity index (χ3v) is 9.89. The molecule has 268 valence electrons. The van der Waals surface area contributed by atoms with Gasteiger partial charge in [0, 0.05) is 55.1 Å². The molecule has 2 saturated heterocycles. The van der Waals surface area contributed by atoms with E-state index in [1.807, 2.05) is 55.5 Å². The Morgan fingerprint density at radius 3 is 2.27 bits per heavy atom. The number of rotatable bonds is 12. The first-order valence-corrected chi connectivity index (χ1v) is 17.3. The first kappa shape index (κ1) is 33.1. The van der Waals surface area contributed by atoms with Crippen LogP contribution in [0.4, 0.5) is 20.2 Å². The monoisotopic (exact) mass is 701 g/mol. The highest BCUT2D eigenvalue weighted by Crippen LogP contribution is 2.42. The fourth-order valence-corrected chi connectivity index (χ4v) is 7.17. The van der Waals surface area contributed by atoms with E-state index in [1.165, 1.54) is 27.7 Å². The topological polar surface area (TPSA) is 116 Å². The van der Waals surface area contributed by atoms with Crippen LogP contribution in [0.5, 0.6) is 5.75 Å². The number of hydrogen-bond donors (Lipinski definition) is 1. The van der Waals surface area contributed by atoms with Crippen molar-refractivity contribution in [3.05, 3.63) is 113 Å². The Balaban J connectivity index is 0.932. The van der Waals surface area contributed by atoms with Crippen molar-refractivity contribution in [2.24, 2.45) is 5.92 Å². The van der Waals surface area contributed by atoms with Gasteiger partial charge in [0.1, 0.15) is 43.3 Å². The molecule has 2 aliphatic heterocycles. The van der Waals surface area contributed by atoms with Crippen LogP contribution in [0.15, 0.2) is 90.5 Å². The van der Waals surface area contributed by atoms with E-state index in [0.29, 0.717) is 31.7 Å². The molecule has 51 heavy (non-hydrogen) atoms. The maximum atomic E-state index is 15.0. The summed E-state index contributed by atoms with van der Waals surface area (Å²) >= 11 is 0. The van der Waals surface area contributed by atoms with Crippen molar-refractivity contribution in [2.75, 3.05) is 49.2 Å². The fraction of sp³-hybridized carbons (Fsp3) is 0.405. The van der Waals surface area contributed by atoms with Crippen molar-refractivity contribution in [3.63, 3.8) is 0 Å². The second kappa shape index (κ2) is 14.6. The standard InChI is InChI=1S/C37H42F2N8O4/c1-3-35(26(2)48)47-36(49)46(25-42-47)31-7-5-29(6-8-31)43-14-16-44(17-15-43)30-9-11-32(12-10-30)50-20-27-19-37(51-21-27,22-45-24-40-23-41-45)33-13-4-28(38)18-34(33)39/h4-13,18,23-27,35,48H,3,14-17,19-22H2,1-2H3/t26-,27+,35-,37-/m0/s1/i25D. The van der Waals surface area contributed by atoms with Gasteiger partial charge in [0.05, 0.1) is 37.6 Å². The van der Waals surface area contributed by atoms with Crippen molar-refractivity contribution >= 4 is 11.4 Å². The van der Waals surface area contributed by atoms with Gasteiger partial charge in [-0.1, -0.05) is 13.0 Å². The number of ether oxygens (including phenoxy) is 2. The van der Waals surface area contributed by atoms with Crippen LogP contribution in [-0.4, -0.2) is 79.7 Å². The summed E-state index contributed by atoms with van der Waals surface area (Å²) < 4.78 is 53.4. The van der Waals surface area contributed by atoms with E-state index < -0.39 is 35.1 Å². The zero-order valence-corrected chi connectivity index (χ0v) is 28.6. The van der Waals surface area contributed by atoms with E-state index in [0.717, 1.165) is 49.4 Å². The van der Waals surface area contributed by atoms with E-state index in [9.17, 15) is 18.7 Å². The van der Waals surface area contributed by atoms with Gasteiger partial charge in [-0.15, -0.1) is 0 Å². The van der Waals surface area contributed by atoms with Gasteiger partial charge >= 0.3 is 5.69 Å². The van der Waals surface area contributed by atoms with E-state index in [1.54, 1.807) is 17.9 Å². The summed E-state index contributed by atoms with van der Waals surface area (Å²) in [6.07, 6.45) is 3.02. The third-order valence-electron chi connectivity index (χ3n) is 9.89. The van der Waals surface area contributed by atoms with Crippen molar-refractivity contribution in [1.29, 1.82) is 0 Å². The summed E-state index contributed by atoms with van der Waals surface area (Å²) in [5, 5.41) is 18.4. The number of halogens is 2. The van der Waals surface area contributed by atoms with Gasteiger partial charge in [0.25, 0.3) is 0 Å². The molecule has 2 aliphatic rings. The second-order valence-electron chi connectivity index (χ2n) is 13.3. The molecule has 5 aromatic rings. The van der Waals surface area contributed by atoms with Crippen molar-refractivity contribution in [1.82, 2.24) is 29.1 Å². The van der Waals surface area contributed by atoms with Crippen LogP contribution < -0.4 is 20.2 Å². The molecule has 0 unspecified atom stereocenters. The van der Waals surface area contributed by atoms with Gasteiger partial charge in [-0.2, -0.15) is 10.2 Å². The largest absolute Gasteiger partial charge is 0.493 e. The lowest BCUT2D eigenvalue weighted by atomic mass is 9.87. The number of benzene rings is 3. The molecule has 2 aromatic heterocycles. The number of hydrogen-bond acceptors (Lipinski definition) is 9. The van der Waals surface area contributed by atoms with Crippen LogP contribution in [0.1, 0.15) is 39.7 Å². The highest BCUT2D eigenvalue weighted by atomic mass is 19.1. The smallest absolute Gasteiger partial charge is 0.350 e. The number of nitrogens with zero attached hydrogens (tertiary/aromatic N) is 8. The van der Waals surface area contributed by atoms with Crippen LogP contribution in [-0.2, 0) is 16.9 Å². The lowest BCUT2D eigenvalue weighted by molar-refractivity contribution is -0.0206. The highest BCUT2D eigenvalue weighted by molar-refractivity contribution is 5.54. The summed E-state index contributed by atoms with van der Waals surface area (Å²) in [6, 6.07) is 18.6. The minimum absolute atomic E-state index is 0.0222. The number of aromatic nitrogens is 6. The lowest BCUT2D eigenvalue weighted by Crippen LogP contribution is -2.46. The molecule has 0 radical (unpaired) electrons. The minimum Gasteiger partial charge on any atom is -0.493 e. The molecule has 0 aliphatic carbocycles. The van der Waals surface area contributed by atoms with Gasteiger partial charge < -0.3 is 24.4 Å². The van der Waals surface area contributed by atoms with Crippen LogP contribution in [0, 0.1) is 17.6 Å². The molecule has 0 saturated carbocycles. The van der Waals surface area contributed by atoms with Gasteiger partial charge in [-0.25, -0.2) is 32.5 Å². The van der Waals surface area contributed by atoms with Gasteiger partial charge in [0.2, 0.25) is 0 Å². The Bertz CT molecular complexity index is 2010. The highest BCUT2D eigenvalue weighted by Gasteiger charge is 2.44. The van der Waals surface area contributed by atoms with Crippen LogP contribution >= 0.6 is 0 Å². The Hall–Kier alpha value is -5.08. The number of aliphatic hydroxyl groups excluding tert-OH is 1. The molecule has 0 spiro atoms. The molecular formula is C37H42F2N8O4. The van der Waals surface area contributed by atoms with E-state index in [-0.39, 0.29) is 24.3 Å². The molecule has 4 heterocycles.